The Morgan fingerprint density at radius 2 is 1.68 bits per heavy atom. The molecule has 0 radical (unpaired) electrons. The first kappa shape index (κ1) is 17.9. The normalized spacial score (nSPS) is 16.7. The van der Waals surface area contributed by atoms with Crippen LogP contribution in [0, 0.1) is 5.92 Å². The molecule has 0 N–H and O–H groups in total. The monoisotopic (exact) mass is 301 g/mol. The van der Waals surface area contributed by atoms with Crippen molar-refractivity contribution in [2.75, 3.05) is 20.6 Å². The molecule has 0 spiro atoms. The van der Waals surface area contributed by atoms with Crippen LogP contribution in [-0.2, 0) is 9.59 Å². The maximum atomic E-state index is 11.1. The number of hydrogen-bond donors (Lipinski definition) is 0. The van der Waals surface area contributed by atoms with Crippen molar-refractivity contribution in [3.05, 3.63) is 36.7 Å². The highest BCUT2D eigenvalue weighted by molar-refractivity contribution is 5.83. The van der Waals surface area contributed by atoms with Crippen molar-refractivity contribution >= 4 is 23.6 Å². The molecule has 0 saturated heterocycles. The molecule has 1 atom stereocenters. The summed E-state index contributed by atoms with van der Waals surface area (Å²) < 4.78 is 0. The van der Waals surface area contributed by atoms with Gasteiger partial charge in [0.2, 0.25) is 0 Å². The molecular formula is C17H23N3O2. The molecule has 1 unspecified atom stereocenters. The fourth-order valence-corrected chi connectivity index (χ4v) is 2.43. The van der Waals surface area contributed by atoms with E-state index in [2.05, 4.69) is 14.9 Å². The number of carbonyl (C=O) groups excluding carboxylic acids is 2. The molecule has 5 nitrogen and oxygen atoms in total. The molecule has 22 heavy (non-hydrogen) atoms. The van der Waals surface area contributed by atoms with Gasteiger partial charge in [0.1, 0.15) is 12.6 Å². The summed E-state index contributed by atoms with van der Waals surface area (Å²) in [5.74, 6) is 0.809. The van der Waals surface area contributed by atoms with Gasteiger partial charge in [0.25, 0.3) is 0 Å². The van der Waals surface area contributed by atoms with Crippen LogP contribution in [-0.4, -0.2) is 48.1 Å². The summed E-state index contributed by atoms with van der Waals surface area (Å²) >= 11 is 0. The predicted octanol–water partition coefficient (Wildman–Crippen LogP) is 2.36. The SMILES string of the molecule is C=O.CN(C)CC1CCCC1=O.c1ccc2nccnc2c1. The van der Waals surface area contributed by atoms with Crippen LogP contribution in [0.5, 0.6) is 0 Å². The van der Waals surface area contributed by atoms with Gasteiger partial charge in [-0.25, -0.2) is 0 Å². The second-order valence-corrected chi connectivity index (χ2v) is 5.36. The quantitative estimate of drug-likeness (QED) is 0.852. The third kappa shape index (κ3) is 5.69. The van der Waals surface area contributed by atoms with E-state index in [1.165, 1.54) is 0 Å². The second-order valence-electron chi connectivity index (χ2n) is 5.36. The second kappa shape index (κ2) is 9.73. The highest BCUT2D eigenvalue weighted by Crippen LogP contribution is 2.21. The first-order valence-electron chi connectivity index (χ1n) is 7.29. The standard InChI is InChI=1S/C8H6N2.C8H15NO.CH2O/c1-2-4-8-7(3-1)9-5-6-10-8;1-9(2)6-7-4-3-5-8(7)10;1-2/h1-6H;7H,3-6H2,1-2H3;1H2. The molecule has 1 aliphatic rings. The van der Waals surface area contributed by atoms with Crippen molar-refractivity contribution in [2.45, 2.75) is 19.3 Å². The third-order valence-electron chi connectivity index (χ3n) is 3.39. The molecule has 1 aliphatic carbocycles. The number of para-hydroxylation sites is 2. The van der Waals surface area contributed by atoms with Crippen molar-refractivity contribution < 1.29 is 9.59 Å². The van der Waals surface area contributed by atoms with Crippen LogP contribution >= 0.6 is 0 Å². The average Bonchev–Trinajstić information content (AvgIpc) is 2.94. The molecule has 0 bridgehead atoms. The van der Waals surface area contributed by atoms with Crippen molar-refractivity contribution in [3.63, 3.8) is 0 Å². The largest absolute Gasteiger partial charge is 0.309 e. The van der Waals surface area contributed by atoms with E-state index < -0.39 is 0 Å². The summed E-state index contributed by atoms with van der Waals surface area (Å²) in [5, 5.41) is 0. The van der Waals surface area contributed by atoms with Crippen LogP contribution in [0.15, 0.2) is 36.7 Å². The number of ketones is 1. The van der Waals surface area contributed by atoms with E-state index >= 15 is 0 Å². The summed E-state index contributed by atoms with van der Waals surface area (Å²) in [5.41, 5.74) is 1.90. The summed E-state index contributed by atoms with van der Waals surface area (Å²) in [6.07, 6.45) is 6.43. The van der Waals surface area contributed by atoms with Gasteiger partial charge < -0.3 is 9.69 Å². The molecule has 3 rings (SSSR count). The predicted molar refractivity (Wildman–Crippen MR) is 87.6 cm³/mol. The molecular weight excluding hydrogens is 278 g/mol. The average molecular weight is 301 g/mol. The zero-order valence-corrected chi connectivity index (χ0v) is 13.2. The van der Waals surface area contributed by atoms with Crippen molar-refractivity contribution in [1.82, 2.24) is 14.9 Å². The Morgan fingerprint density at radius 3 is 2.09 bits per heavy atom. The van der Waals surface area contributed by atoms with E-state index in [0.29, 0.717) is 11.7 Å². The van der Waals surface area contributed by atoms with Gasteiger partial charge >= 0.3 is 0 Å². The number of carbonyl (C=O) groups is 2. The van der Waals surface area contributed by atoms with Crippen molar-refractivity contribution in [3.8, 4) is 0 Å². The zero-order chi connectivity index (χ0) is 16.4. The molecule has 5 heteroatoms. The molecule has 1 aromatic heterocycles. The molecule has 2 aromatic rings. The minimum Gasteiger partial charge on any atom is -0.309 e. The number of Topliss-reactive ketones (excluding diaryl/α,β-unsaturated/α-hetero) is 1. The maximum Gasteiger partial charge on any atom is 0.137 e. The Balaban J connectivity index is 0.000000198. The van der Waals surface area contributed by atoms with Crippen LogP contribution in [0.3, 0.4) is 0 Å². The zero-order valence-electron chi connectivity index (χ0n) is 13.2. The lowest BCUT2D eigenvalue weighted by Gasteiger charge is -2.13. The van der Waals surface area contributed by atoms with Gasteiger partial charge in [0.05, 0.1) is 11.0 Å². The lowest BCUT2D eigenvalue weighted by atomic mass is 10.1. The fraction of sp³-hybridized carbons (Fsp3) is 0.412. The van der Waals surface area contributed by atoms with Crippen LogP contribution < -0.4 is 0 Å². The Morgan fingerprint density at radius 1 is 1.14 bits per heavy atom. The van der Waals surface area contributed by atoms with E-state index in [4.69, 9.17) is 4.79 Å². The first-order chi connectivity index (χ1) is 10.7. The molecule has 1 fully saturated rings. The van der Waals surface area contributed by atoms with E-state index in [9.17, 15) is 4.79 Å². The van der Waals surface area contributed by atoms with Gasteiger partial charge in [-0.3, -0.25) is 14.8 Å². The summed E-state index contributed by atoms with van der Waals surface area (Å²) in [4.78, 5) is 29.4. The van der Waals surface area contributed by atoms with E-state index in [0.717, 1.165) is 36.8 Å². The number of hydrogen-bond acceptors (Lipinski definition) is 5. The maximum absolute atomic E-state index is 11.1. The highest BCUT2D eigenvalue weighted by Gasteiger charge is 2.24. The van der Waals surface area contributed by atoms with E-state index in [1.807, 2.05) is 45.1 Å². The lowest BCUT2D eigenvalue weighted by molar-refractivity contribution is -0.121. The Hall–Kier alpha value is -2.14. The van der Waals surface area contributed by atoms with Crippen molar-refractivity contribution in [2.24, 2.45) is 5.92 Å². The summed E-state index contributed by atoms with van der Waals surface area (Å²) in [6.45, 7) is 2.94. The molecule has 118 valence electrons. The Labute approximate surface area is 131 Å². The lowest BCUT2D eigenvalue weighted by Crippen LogP contribution is -2.24. The summed E-state index contributed by atoms with van der Waals surface area (Å²) in [7, 11) is 4.04. The number of nitrogens with zero attached hydrogens (tertiary/aromatic N) is 3. The Bertz CT molecular complexity index is 521. The third-order valence-corrected chi connectivity index (χ3v) is 3.39. The topological polar surface area (TPSA) is 63.2 Å². The molecule has 0 amide bonds. The number of benzene rings is 1. The van der Waals surface area contributed by atoms with Gasteiger partial charge in [-0.1, -0.05) is 12.1 Å². The van der Waals surface area contributed by atoms with Gasteiger partial charge in [0, 0.05) is 31.3 Å². The van der Waals surface area contributed by atoms with Gasteiger partial charge in [-0.15, -0.1) is 0 Å². The fourth-order valence-electron chi connectivity index (χ4n) is 2.43. The van der Waals surface area contributed by atoms with Gasteiger partial charge in [-0.05, 0) is 39.1 Å². The smallest absolute Gasteiger partial charge is 0.137 e. The van der Waals surface area contributed by atoms with E-state index in [1.54, 1.807) is 12.4 Å². The molecule has 1 aromatic carbocycles. The van der Waals surface area contributed by atoms with Crippen LogP contribution in [0.1, 0.15) is 19.3 Å². The van der Waals surface area contributed by atoms with Crippen LogP contribution in [0.4, 0.5) is 0 Å². The molecule has 1 heterocycles. The van der Waals surface area contributed by atoms with Crippen LogP contribution in [0.25, 0.3) is 11.0 Å². The minimum absolute atomic E-state index is 0.343. The molecule has 0 aliphatic heterocycles. The van der Waals surface area contributed by atoms with Gasteiger partial charge in [0.15, 0.2) is 0 Å². The van der Waals surface area contributed by atoms with Gasteiger partial charge in [-0.2, -0.15) is 0 Å². The van der Waals surface area contributed by atoms with Crippen LogP contribution in [0.2, 0.25) is 0 Å². The highest BCUT2D eigenvalue weighted by atomic mass is 16.1. The Kier molecular flexibility index (Phi) is 7.92. The summed E-state index contributed by atoms with van der Waals surface area (Å²) in [6, 6.07) is 7.80. The number of rotatable bonds is 2. The first-order valence-corrected chi connectivity index (χ1v) is 7.29. The van der Waals surface area contributed by atoms with Crippen molar-refractivity contribution in [1.29, 1.82) is 0 Å². The number of fused-ring (bicyclic) bond motifs is 1. The minimum atomic E-state index is 0.343. The molecule has 1 saturated carbocycles. The van der Waals surface area contributed by atoms with E-state index in [-0.39, 0.29) is 0 Å². The number of aromatic nitrogens is 2.